The van der Waals surface area contributed by atoms with Crippen molar-refractivity contribution >= 4 is 17.2 Å². The second-order valence-corrected chi connectivity index (χ2v) is 5.49. The molecule has 3 aromatic rings. The summed E-state index contributed by atoms with van der Waals surface area (Å²) in [6.45, 7) is 0.0387. The SMILES string of the molecule is O=C(NC[C@@](O)(c1ccoc1)c1cccs1)c1ccoc1. The van der Waals surface area contributed by atoms with Crippen molar-refractivity contribution in [3.63, 3.8) is 0 Å². The van der Waals surface area contributed by atoms with Gasteiger partial charge in [0.1, 0.15) is 11.9 Å². The molecule has 0 aliphatic carbocycles. The van der Waals surface area contributed by atoms with Gasteiger partial charge in [-0.3, -0.25) is 4.79 Å². The molecule has 21 heavy (non-hydrogen) atoms. The Kier molecular flexibility index (Phi) is 3.64. The number of aliphatic hydroxyl groups is 1. The van der Waals surface area contributed by atoms with Gasteiger partial charge in [0.25, 0.3) is 5.91 Å². The molecule has 3 heterocycles. The van der Waals surface area contributed by atoms with Gasteiger partial charge in [0, 0.05) is 10.4 Å². The molecule has 0 aliphatic heterocycles. The summed E-state index contributed by atoms with van der Waals surface area (Å²) < 4.78 is 9.93. The predicted molar refractivity (Wildman–Crippen MR) is 77.1 cm³/mol. The smallest absolute Gasteiger partial charge is 0.254 e. The Morgan fingerprint density at radius 3 is 2.67 bits per heavy atom. The number of hydrogen-bond donors (Lipinski definition) is 2. The van der Waals surface area contributed by atoms with Gasteiger partial charge in [0.2, 0.25) is 0 Å². The number of hydrogen-bond acceptors (Lipinski definition) is 5. The molecule has 0 saturated heterocycles. The normalized spacial score (nSPS) is 13.8. The van der Waals surface area contributed by atoms with Crippen LogP contribution in [0.15, 0.2) is 63.5 Å². The van der Waals surface area contributed by atoms with Crippen LogP contribution in [0.5, 0.6) is 0 Å². The summed E-state index contributed by atoms with van der Waals surface area (Å²) in [7, 11) is 0. The number of carbonyl (C=O) groups excluding carboxylic acids is 1. The highest BCUT2D eigenvalue weighted by Gasteiger charge is 2.34. The van der Waals surface area contributed by atoms with Crippen LogP contribution in [0.1, 0.15) is 20.8 Å². The zero-order valence-electron chi connectivity index (χ0n) is 11.0. The lowest BCUT2D eigenvalue weighted by atomic mass is 9.94. The molecule has 3 aromatic heterocycles. The first-order chi connectivity index (χ1) is 10.2. The largest absolute Gasteiger partial charge is 0.472 e. The molecule has 0 spiro atoms. The first kappa shape index (κ1) is 13.7. The average Bonchev–Trinajstić information content (AvgIpc) is 3.27. The van der Waals surface area contributed by atoms with Gasteiger partial charge in [-0.2, -0.15) is 0 Å². The molecule has 0 bridgehead atoms. The summed E-state index contributed by atoms with van der Waals surface area (Å²) >= 11 is 1.42. The maximum absolute atomic E-state index is 12.0. The third kappa shape index (κ3) is 2.63. The van der Waals surface area contributed by atoms with Crippen LogP contribution in [0.3, 0.4) is 0 Å². The maximum Gasteiger partial charge on any atom is 0.254 e. The van der Waals surface area contributed by atoms with Gasteiger partial charge in [-0.25, -0.2) is 0 Å². The van der Waals surface area contributed by atoms with Gasteiger partial charge in [0.15, 0.2) is 0 Å². The van der Waals surface area contributed by atoms with Gasteiger partial charge in [0.05, 0.1) is 30.9 Å². The van der Waals surface area contributed by atoms with Crippen molar-refractivity contribution < 1.29 is 18.7 Å². The molecule has 108 valence electrons. The molecule has 6 heteroatoms. The zero-order chi connectivity index (χ0) is 14.7. The van der Waals surface area contributed by atoms with Crippen LogP contribution < -0.4 is 5.32 Å². The van der Waals surface area contributed by atoms with E-state index < -0.39 is 5.60 Å². The van der Waals surface area contributed by atoms with Crippen molar-refractivity contribution in [2.75, 3.05) is 6.54 Å². The summed E-state index contributed by atoms with van der Waals surface area (Å²) in [6, 6.07) is 6.92. The summed E-state index contributed by atoms with van der Waals surface area (Å²) in [5, 5.41) is 15.6. The topological polar surface area (TPSA) is 75.6 Å². The summed E-state index contributed by atoms with van der Waals surface area (Å²) in [4.78, 5) is 12.7. The molecule has 2 N–H and O–H groups in total. The van der Waals surface area contributed by atoms with Crippen molar-refractivity contribution in [2.45, 2.75) is 5.60 Å². The Bertz CT molecular complexity index is 652. The Balaban J connectivity index is 1.83. The molecule has 0 aliphatic rings. The Morgan fingerprint density at radius 1 is 1.24 bits per heavy atom. The number of carbonyl (C=O) groups is 1. The van der Waals surface area contributed by atoms with E-state index in [1.54, 1.807) is 12.1 Å². The van der Waals surface area contributed by atoms with Crippen LogP contribution in [0.4, 0.5) is 0 Å². The van der Waals surface area contributed by atoms with Crippen molar-refractivity contribution in [1.29, 1.82) is 0 Å². The molecule has 1 atom stereocenters. The number of rotatable bonds is 5. The molecule has 3 rings (SSSR count). The van der Waals surface area contributed by atoms with E-state index in [4.69, 9.17) is 8.83 Å². The first-order valence-corrected chi connectivity index (χ1v) is 7.17. The minimum atomic E-state index is -1.32. The van der Waals surface area contributed by atoms with E-state index in [9.17, 15) is 9.90 Å². The molecule has 1 amide bonds. The average molecular weight is 303 g/mol. The van der Waals surface area contributed by atoms with E-state index in [1.807, 2.05) is 17.5 Å². The minimum absolute atomic E-state index is 0.0387. The quantitative estimate of drug-likeness (QED) is 0.759. The van der Waals surface area contributed by atoms with Crippen molar-refractivity contribution in [3.05, 3.63) is 70.7 Å². The molecule has 0 radical (unpaired) electrons. The van der Waals surface area contributed by atoms with Crippen molar-refractivity contribution in [2.24, 2.45) is 0 Å². The van der Waals surface area contributed by atoms with E-state index in [0.29, 0.717) is 11.1 Å². The van der Waals surface area contributed by atoms with Crippen LogP contribution >= 0.6 is 11.3 Å². The second kappa shape index (κ2) is 5.59. The highest BCUT2D eigenvalue weighted by atomic mass is 32.1. The number of furan rings is 2. The standard InChI is InChI=1S/C15H13NO4S/c17-14(11-3-5-19-8-11)16-10-15(18,12-4-6-20-9-12)13-2-1-7-21-13/h1-9,18H,10H2,(H,16,17)/t15-/m1/s1. The lowest BCUT2D eigenvalue weighted by Gasteiger charge is -2.26. The zero-order valence-corrected chi connectivity index (χ0v) is 11.8. The van der Waals surface area contributed by atoms with Crippen LogP contribution in [-0.4, -0.2) is 17.6 Å². The lowest BCUT2D eigenvalue weighted by Crippen LogP contribution is -2.40. The fraction of sp³-hybridized carbons (Fsp3) is 0.133. The van der Waals surface area contributed by atoms with Crippen molar-refractivity contribution in [1.82, 2.24) is 5.32 Å². The van der Waals surface area contributed by atoms with Crippen LogP contribution in [0.2, 0.25) is 0 Å². The monoisotopic (exact) mass is 303 g/mol. The van der Waals surface area contributed by atoms with Crippen LogP contribution in [-0.2, 0) is 5.60 Å². The summed E-state index contributed by atoms with van der Waals surface area (Å²) in [5.41, 5.74) is -0.311. The number of nitrogens with one attached hydrogen (secondary N) is 1. The van der Waals surface area contributed by atoms with Crippen LogP contribution in [0.25, 0.3) is 0 Å². The van der Waals surface area contributed by atoms with E-state index in [0.717, 1.165) is 4.88 Å². The van der Waals surface area contributed by atoms with Gasteiger partial charge in [-0.05, 0) is 23.6 Å². The predicted octanol–water partition coefficient (Wildman–Crippen LogP) is 2.60. The van der Waals surface area contributed by atoms with E-state index in [-0.39, 0.29) is 12.5 Å². The maximum atomic E-state index is 12.0. The molecular weight excluding hydrogens is 290 g/mol. The molecular formula is C15H13NO4S. The van der Waals surface area contributed by atoms with E-state index in [1.165, 1.54) is 36.4 Å². The van der Waals surface area contributed by atoms with E-state index >= 15 is 0 Å². The van der Waals surface area contributed by atoms with Crippen molar-refractivity contribution in [3.8, 4) is 0 Å². The Labute approximate surface area is 124 Å². The van der Waals surface area contributed by atoms with Gasteiger partial charge < -0.3 is 19.3 Å². The minimum Gasteiger partial charge on any atom is -0.472 e. The highest BCUT2D eigenvalue weighted by molar-refractivity contribution is 7.10. The number of amides is 1. The Hall–Kier alpha value is -2.31. The fourth-order valence-corrected chi connectivity index (χ4v) is 2.89. The third-order valence-electron chi connectivity index (χ3n) is 3.22. The molecule has 0 aromatic carbocycles. The van der Waals surface area contributed by atoms with Gasteiger partial charge in [-0.1, -0.05) is 6.07 Å². The first-order valence-electron chi connectivity index (χ1n) is 6.29. The summed E-state index contributed by atoms with van der Waals surface area (Å²) in [6.07, 6.45) is 5.75. The van der Waals surface area contributed by atoms with Crippen LogP contribution in [0, 0.1) is 0 Å². The van der Waals surface area contributed by atoms with Gasteiger partial charge >= 0.3 is 0 Å². The fourth-order valence-electron chi connectivity index (χ4n) is 2.05. The molecule has 0 unspecified atom stereocenters. The molecule has 0 fully saturated rings. The molecule has 0 saturated carbocycles. The number of thiophene rings is 1. The summed E-state index contributed by atoms with van der Waals surface area (Å²) in [5.74, 6) is -0.303. The Morgan fingerprint density at radius 2 is 2.05 bits per heavy atom. The highest BCUT2D eigenvalue weighted by Crippen LogP contribution is 2.32. The van der Waals surface area contributed by atoms with E-state index in [2.05, 4.69) is 5.32 Å². The second-order valence-electron chi connectivity index (χ2n) is 4.54. The molecule has 5 nitrogen and oxygen atoms in total. The third-order valence-corrected chi connectivity index (χ3v) is 4.24. The lowest BCUT2D eigenvalue weighted by molar-refractivity contribution is 0.0714. The van der Waals surface area contributed by atoms with Gasteiger partial charge in [-0.15, -0.1) is 11.3 Å².